The van der Waals surface area contributed by atoms with Gasteiger partial charge in [0.15, 0.2) is 5.82 Å². The van der Waals surface area contributed by atoms with E-state index >= 15 is 0 Å². The molecule has 0 spiro atoms. The molecule has 1 aromatic heterocycles. The average Bonchev–Trinajstić information content (AvgIpc) is 0.763. The maximum atomic E-state index is 5.88. The summed E-state index contributed by atoms with van der Waals surface area (Å²) in [7, 11) is 0. The number of fused-ring (bicyclic) bond motifs is 7. The number of anilines is 6. The minimum atomic E-state index is -0.129. The maximum absolute atomic E-state index is 5.88. The van der Waals surface area contributed by atoms with E-state index in [-0.39, 0.29) is 28.4 Å². The van der Waals surface area contributed by atoms with Crippen LogP contribution in [0.2, 0.25) is 0 Å². The van der Waals surface area contributed by atoms with Gasteiger partial charge in [-0.3, -0.25) is 0 Å². The number of para-hydroxylation sites is 1. The first kappa shape index (κ1) is 53.9. The first-order valence-corrected chi connectivity index (χ1v) is 30.3. The third-order valence-electron chi connectivity index (χ3n) is 17.9. The van der Waals surface area contributed by atoms with Gasteiger partial charge in [-0.1, -0.05) is 235 Å². The van der Waals surface area contributed by atoms with Crippen molar-refractivity contribution in [2.24, 2.45) is 0 Å². The Morgan fingerprint density at radius 3 is 1.11 bits per heavy atom. The van der Waals surface area contributed by atoms with Crippen molar-refractivity contribution >= 4 is 89.7 Å². The summed E-state index contributed by atoms with van der Waals surface area (Å²) in [5.74, 6) is 0.677. The van der Waals surface area contributed by atoms with Crippen molar-refractivity contribution in [3.63, 3.8) is 0 Å². The number of aromatic nitrogens is 2. The molecule has 2 aliphatic rings. The highest BCUT2D eigenvalue weighted by atomic mass is 15.2. The van der Waals surface area contributed by atoms with E-state index in [0.29, 0.717) is 5.82 Å². The summed E-state index contributed by atoms with van der Waals surface area (Å²) >= 11 is 0. The summed E-state index contributed by atoms with van der Waals surface area (Å²) in [6, 6.07) is 84.4. The molecule has 0 saturated heterocycles. The fourth-order valence-corrected chi connectivity index (χ4v) is 13.1. The van der Waals surface area contributed by atoms with Crippen molar-refractivity contribution in [1.29, 1.82) is 0 Å². The fourth-order valence-electron chi connectivity index (χ4n) is 13.1. The van der Waals surface area contributed by atoms with E-state index in [1.54, 1.807) is 0 Å². The highest BCUT2D eigenvalue weighted by Crippen LogP contribution is 2.50. The van der Waals surface area contributed by atoms with Gasteiger partial charge in [0.2, 0.25) is 0 Å². The second-order valence-corrected chi connectivity index (χ2v) is 28.0. The Bertz CT molecular complexity index is 4340. The van der Waals surface area contributed by atoms with Gasteiger partial charge in [-0.25, -0.2) is 9.97 Å². The third kappa shape index (κ3) is 9.59. The number of hydrogen-bond acceptors (Lipinski definition) is 4. The highest BCUT2D eigenvalue weighted by molar-refractivity contribution is 7.00. The van der Waals surface area contributed by atoms with Gasteiger partial charge in [-0.15, -0.1) is 0 Å². The summed E-state index contributed by atoms with van der Waals surface area (Å²) < 4.78 is 0. The lowest BCUT2D eigenvalue weighted by Gasteiger charge is -2.45. The molecule has 0 unspecified atom stereocenters. The predicted octanol–water partition coefficient (Wildman–Crippen LogP) is 19.9. The van der Waals surface area contributed by atoms with Crippen molar-refractivity contribution in [3.8, 4) is 44.9 Å². The van der Waals surface area contributed by atoms with Gasteiger partial charge in [-0.2, -0.15) is 0 Å². The van der Waals surface area contributed by atoms with E-state index in [1.165, 1.54) is 71.6 Å². The molecule has 0 amide bonds. The van der Waals surface area contributed by atoms with Gasteiger partial charge < -0.3 is 9.80 Å². The molecule has 416 valence electrons. The van der Waals surface area contributed by atoms with Crippen LogP contribution in [0.1, 0.15) is 105 Å². The van der Waals surface area contributed by atoms with Crippen LogP contribution in [0.4, 0.5) is 34.1 Å². The molecule has 0 radical (unpaired) electrons. The van der Waals surface area contributed by atoms with Crippen LogP contribution in [-0.2, 0) is 21.7 Å². The smallest absolute Gasteiger partial charge is 0.252 e. The number of hydrogen-bond donors (Lipinski definition) is 0. The summed E-state index contributed by atoms with van der Waals surface area (Å²) in [5.41, 5.74) is 23.7. The van der Waals surface area contributed by atoms with Crippen LogP contribution < -0.4 is 26.2 Å². The summed E-state index contributed by atoms with van der Waals surface area (Å²) in [6.45, 7) is 28.1. The fraction of sp³-hybridized carbons (Fsp3) is 0.200. The second kappa shape index (κ2) is 19.8. The van der Waals surface area contributed by atoms with Crippen molar-refractivity contribution in [1.82, 2.24) is 9.97 Å². The molecule has 2 aliphatic heterocycles. The quantitative estimate of drug-likeness (QED) is 0.155. The summed E-state index contributed by atoms with van der Waals surface area (Å²) in [5, 5.41) is 5.86. The standard InChI is InChI=1S/C80H73BN4/c1-77(2,3)60-44-61(78(4,5)6)47-64(46-60)84-70-40-54-31-21-19-29-52(54)38-67(70)81-68-39-53-30-20-22-32-55(53)41-71(68)85(65-48-62(79(7,8)9)45-63(49-65)80(10,11)12)73-43-58(42-72(84)74(73)81)75-66-33-23-24-34-69(66)82-76(83-75)59-36-56(50-25-15-13-16-26-50)35-57(37-59)51-27-17-14-18-28-51/h13-49H,1-12H3. The Hall–Kier alpha value is -9.06. The molecule has 0 atom stereocenters. The third-order valence-corrected chi connectivity index (χ3v) is 17.9. The largest absolute Gasteiger partial charge is 0.311 e. The lowest BCUT2D eigenvalue weighted by Crippen LogP contribution is -2.61. The predicted molar refractivity (Wildman–Crippen MR) is 365 cm³/mol. The minimum absolute atomic E-state index is 0.124. The average molecular weight is 1100 g/mol. The molecule has 0 bridgehead atoms. The molecular weight excluding hydrogens is 1030 g/mol. The van der Waals surface area contributed by atoms with Crippen LogP contribution in [0.25, 0.3) is 77.3 Å². The highest BCUT2D eigenvalue weighted by Gasteiger charge is 2.45. The van der Waals surface area contributed by atoms with Gasteiger partial charge in [0.1, 0.15) is 0 Å². The van der Waals surface area contributed by atoms with Crippen LogP contribution in [-0.4, -0.2) is 16.7 Å². The molecule has 4 nitrogen and oxygen atoms in total. The van der Waals surface area contributed by atoms with E-state index in [0.717, 1.165) is 72.7 Å². The molecule has 0 saturated carbocycles. The maximum Gasteiger partial charge on any atom is 0.252 e. The van der Waals surface area contributed by atoms with Gasteiger partial charge in [-0.05, 0) is 177 Å². The van der Waals surface area contributed by atoms with Gasteiger partial charge in [0.25, 0.3) is 6.71 Å². The Kier molecular flexibility index (Phi) is 12.5. The van der Waals surface area contributed by atoms with Crippen LogP contribution in [0.5, 0.6) is 0 Å². The van der Waals surface area contributed by atoms with E-state index in [4.69, 9.17) is 9.97 Å². The van der Waals surface area contributed by atoms with E-state index in [1.807, 2.05) is 0 Å². The summed E-state index contributed by atoms with van der Waals surface area (Å²) in [6.07, 6.45) is 0. The lowest BCUT2D eigenvalue weighted by molar-refractivity contribution is 0.568. The first-order valence-electron chi connectivity index (χ1n) is 30.3. The second-order valence-electron chi connectivity index (χ2n) is 28.0. The SMILES string of the molecule is CC(C)(C)c1cc(N2c3cc4ccccc4cc3B3c4cc5ccccc5cc4N(c4cc(C(C)(C)C)cc(C(C)(C)C)c4)c4cc(-c5nc(-c6cc(-c7ccccc7)cc(-c7ccccc7)c6)nc6ccccc56)cc2c43)cc(C(C)(C)C)c1. The molecule has 0 fully saturated rings. The lowest BCUT2D eigenvalue weighted by atomic mass is 9.33. The normalized spacial score (nSPS) is 13.3. The summed E-state index contributed by atoms with van der Waals surface area (Å²) in [4.78, 5) is 16.6. The van der Waals surface area contributed by atoms with Crippen molar-refractivity contribution in [2.45, 2.75) is 105 Å². The number of nitrogens with zero attached hydrogens (tertiary/aromatic N) is 4. The zero-order chi connectivity index (χ0) is 58.9. The Balaban J connectivity index is 1.14. The Morgan fingerprint density at radius 2 is 0.682 bits per heavy atom. The Morgan fingerprint density at radius 1 is 0.306 bits per heavy atom. The molecule has 14 rings (SSSR count). The van der Waals surface area contributed by atoms with Crippen LogP contribution in [0.15, 0.2) is 224 Å². The van der Waals surface area contributed by atoms with E-state index < -0.39 is 0 Å². The minimum Gasteiger partial charge on any atom is -0.311 e. The topological polar surface area (TPSA) is 32.3 Å². The molecule has 85 heavy (non-hydrogen) atoms. The molecular formula is C80H73BN4. The first-order chi connectivity index (χ1) is 40.6. The van der Waals surface area contributed by atoms with Crippen molar-refractivity contribution in [3.05, 3.63) is 247 Å². The van der Waals surface area contributed by atoms with E-state index in [2.05, 4.69) is 317 Å². The zero-order valence-corrected chi connectivity index (χ0v) is 51.2. The molecule has 0 aliphatic carbocycles. The molecule has 3 heterocycles. The van der Waals surface area contributed by atoms with Crippen LogP contribution in [0.3, 0.4) is 0 Å². The molecule has 11 aromatic carbocycles. The van der Waals surface area contributed by atoms with Crippen LogP contribution in [0, 0.1) is 0 Å². The monoisotopic (exact) mass is 1100 g/mol. The van der Waals surface area contributed by atoms with Gasteiger partial charge >= 0.3 is 0 Å². The van der Waals surface area contributed by atoms with Crippen molar-refractivity contribution < 1.29 is 0 Å². The molecule has 12 aromatic rings. The van der Waals surface area contributed by atoms with Gasteiger partial charge in [0, 0.05) is 50.6 Å². The van der Waals surface area contributed by atoms with Crippen molar-refractivity contribution in [2.75, 3.05) is 9.80 Å². The zero-order valence-electron chi connectivity index (χ0n) is 51.2. The number of benzene rings is 11. The van der Waals surface area contributed by atoms with E-state index in [9.17, 15) is 0 Å². The molecule has 5 heteroatoms. The Labute approximate surface area is 503 Å². The van der Waals surface area contributed by atoms with Gasteiger partial charge in [0.05, 0.1) is 11.2 Å². The molecule has 0 N–H and O–H groups in total. The van der Waals surface area contributed by atoms with Crippen LogP contribution >= 0.6 is 0 Å². The number of rotatable bonds is 6.